The molecule has 1 aromatic heterocycles. The molecule has 35 heavy (non-hydrogen) atoms. The number of hydrogen-bond donors (Lipinski definition) is 2. The van der Waals surface area contributed by atoms with Crippen molar-refractivity contribution in [3.8, 4) is 28.5 Å². The smallest absolute Gasteiger partial charge is 0.231 e. The predicted octanol–water partition coefficient (Wildman–Crippen LogP) is 3.01. The molecule has 2 aliphatic rings. The second-order valence-corrected chi connectivity index (χ2v) is 8.98. The topological polar surface area (TPSA) is 112 Å². The first-order valence-corrected chi connectivity index (χ1v) is 11.7. The Morgan fingerprint density at radius 1 is 1.23 bits per heavy atom. The Bertz CT molecular complexity index is 1230. The Hall–Kier alpha value is -3.85. The zero-order chi connectivity index (χ0) is 24.4. The number of hydrogen-bond acceptors (Lipinski definition) is 8. The third-order valence-corrected chi connectivity index (χ3v) is 6.40. The number of nitrogens with one attached hydrogen (secondary N) is 1. The fourth-order valence-electron chi connectivity index (χ4n) is 4.49. The van der Waals surface area contributed by atoms with Gasteiger partial charge in [-0.3, -0.25) is 4.79 Å². The van der Waals surface area contributed by atoms with Crippen LogP contribution in [0.5, 0.6) is 17.2 Å². The monoisotopic (exact) mass is 475 g/mol. The van der Waals surface area contributed by atoms with Gasteiger partial charge in [0.2, 0.25) is 11.9 Å². The number of nitrogens with two attached hydrogens (primary N) is 1. The molecule has 9 heteroatoms. The molecule has 1 fully saturated rings. The molecule has 2 atom stereocenters. The Balaban J connectivity index is 1.38. The summed E-state index contributed by atoms with van der Waals surface area (Å²) in [5, 5.41) is 3.07. The highest BCUT2D eigenvalue weighted by atomic mass is 16.5. The minimum atomic E-state index is -0.332. The lowest BCUT2D eigenvalue weighted by Gasteiger charge is -2.25. The lowest BCUT2D eigenvalue weighted by Crippen LogP contribution is -2.33. The minimum absolute atomic E-state index is 0.0405. The van der Waals surface area contributed by atoms with Crippen LogP contribution in [0.2, 0.25) is 0 Å². The molecule has 2 aromatic carbocycles. The highest BCUT2D eigenvalue weighted by Gasteiger charge is 2.28. The van der Waals surface area contributed by atoms with Crippen LogP contribution in [0.15, 0.2) is 48.7 Å². The van der Waals surface area contributed by atoms with Gasteiger partial charge in [-0.2, -0.15) is 0 Å². The number of nitrogen functional groups attached to an aromatic ring is 1. The number of carbonyl (C=O) groups excluding carboxylic acids is 1. The van der Waals surface area contributed by atoms with Crippen LogP contribution < -0.4 is 25.3 Å². The van der Waals surface area contributed by atoms with Gasteiger partial charge < -0.3 is 30.2 Å². The molecule has 0 unspecified atom stereocenters. The Kier molecular flexibility index (Phi) is 6.41. The van der Waals surface area contributed by atoms with Crippen LogP contribution in [0.25, 0.3) is 11.3 Å². The molecule has 0 saturated carbocycles. The molecule has 3 aromatic rings. The zero-order valence-corrected chi connectivity index (χ0v) is 19.9. The van der Waals surface area contributed by atoms with Crippen molar-refractivity contribution in [2.45, 2.75) is 18.9 Å². The molecule has 1 amide bonds. The van der Waals surface area contributed by atoms with Crippen LogP contribution in [-0.4, -0.2) is 60.7 Å². The van der Waals surface area contributed by atoms with Crippen LogP contribution in [0.3, 0.4) is 0 Å². The van der Waals surface area contributed by atoms with Crippen molar-refractivity contribution >= 4 is 17.5 Å². The molecule has 3 N–H and O–H groups in total. The highest BCUT2D eigenvalue weighted by molar-refractivity contribution is 5.95. The van der Waals surface area contributed by atoms with E-state index in [4.69, 9.17) is 19.9 Å². The summed E-state index contributed by atoms with van der Waals surface area (Å²) >= 11 is 0. The van der Waals surface area contributed by atoms with Crippen LogP contribution in [-0.2, 0) is 11.2 Å². The first-order valence-electron chi connectivity index (χ1n) is 11.7. The number of likely N-dealkylation sites (tertiary alicyclic amines) is 1. The summed E-state index contributed by atoms with van der Waals surface area (Å²) in [7, 11) is 3.70. The molecule has 5 rings (SSSR count). The molecule has 3 heterocycles. The van der Waals surface area contributed by atoms with Gasteiger partial charge in [0.05, 0.1) is 24.4 Å². The number of ether oxygens (including phenoxy) is 3. The second kappa shape index (κ2) is 9.79. The van der Waals surface area contributed by atoms with Crippen molar-refractivity contribution in [2.75, 3.05) is 44.9 Å². The van der Waals surface area contributed by atoms with Crippen LogP contribution in [0, 0.1) is 5.92 Å². The van der Waals surface area contributed by atoms with Crippen molar-refractivity contribution in [1.82, 2.24) is 14.9 Å². The average molecular weight is 476 g/mol. The van der Waals surface area contributed by atoms with Gasteiger partial charge in [0.1, 0.15) is 30.0 Å². The van der Waals surface area contributed by atoms with Gasteiger partial charge in [0.25, 0.3) is 0 Å². The average Bonchev–Trinajstić information content (AvgIpc) is 3.28. The molecular weight excluding hydrogens is 446 g/mol. The standard InChI is InChI=1S/C26H29N5O4/c1-31-10-8-20(14-31)35-24-13-16(21-7-9-28-26(27)30-21)3-5-22(24)29-25(32)18-11-17-12-19(33-2)4-6-23(17)34-15-18/h3-7,9,12-13,18,20H,8,10-11,14-15H2,1-2H3,(H,29,32)(H2,27,28,30)/t18-,20-/m1/s1. The van der Waals surface area contributed by atoms with Crippen LogP contribution >= 0.6 is 0 Å². The molecule has 1 saturated heterocycles. The third kappa shape index (κ3) is 5.14. The van der Waals surface area contributed by atoms with E-state index >= 15 is 0 Å². The van der Waals surface area contributed by atoms with E-state index in [1.807, 2.05) is 36.4 Å². The van der Waals surface area contributed by atoms with Crippen LogP contribution in [0.1, 0.15) is 12.0 Å². The summed E-state index contributed by atoms with van der Waals surface area (Å²) in [6.45, 7) is 2.11. The molecule has 0 aliphatic carbocycles. The molecule has 0 bridgehead atoms. The largest absolute Gasteiger partial charge is 0.497 e. The van der Waals surface area contributed by atoms with E-state index in [-0.39, 0.29) is 23.9 Å². The van der Waals surface area contributed by atoms with Gasteiger partial charge in [-0.05, 0) is 61.9 Å². The number of methoxy groups -OCH3 is 1. The van der Waals surface area contributed by atoms with E-state index < -0.39 is 0 Å². The number of nitrogens with zero attached hydrogens (tertiary/aromatic N) is 3. The molecule has 0 radical (unpaired) electrons. The number of benzene rings is 2. The molecule has 0 spiro atoms. The van der Waals surface area contributed by atoms with E-state index in [0.29, 0.717) is 30.2 Å². The van der Waals surface area contributed by atoms with E-state index in [1.54, 1.807) is 19.4 Å². The van der Waals surface area contributed by atoms with Crippen molar-refractivity contribution in [3.05, 3.63) is 54.2 Å². The maximum atomic E-state index is 13.2. The van der Waals surface area contributed by atoms with Gasteiger partial charge in [-0.15, -0.1) is 0 Å². The van der Waals surface area contributed by atoms with Crippen molar-refractivity contribution in [3.63, 3.8) is 0 Å². The van der Waals surface area contributed by atoms with E-state index in [9.17, 15) is 4.79 Å². The number of aromatic nitrogens is 2. The van der Waals surface area contributed by atoms with Gasteiger partial charge >= 0.3 is 0 Å². The maximum absolute atomic E-state index is 13.2. The van der Waals surface area contributed by atoms with Crippen molar-refractivity contribution < 1.29 is 19.0 Å². The predicted molar refractivity (Wildman–Crippen MR) is 133 cm³/mol. The third-order valence-electron chi connectivity index (χ3n) is 6.40. The zero-order valence-electron chi connectivity index (χ0n) is 19.9. The number of fused-ring (bicyclic) bond motifs is 1. The molecule has 9 nitrogen and oxygen atoms in total. The summed E-state index contributed by atoms with van der Waals surface area (Å²) < 4.78 is 17.5. The first-order chi connectivity index (χ1) is 17.0. The van der Waals surface area contributed by atoms with Crippen LogP contribution in [0.4, 0.5) is 11.6 Å². The summed E-state index contributed by atoms with van der Waals surface area (Å²) in [5.74, 6) is 1.89. The lowest BCUT2D eigenvalue weighted by molar-refractivity contribution is -0.121. The number of rotatable bonds is 6. The van der Waals surface area contributed by atoms with E-state index in [0.717, 1.165) is 42.1 Å². The fraction of sp³-hybridized carbons (Fsp3) is 0.346. The van der Waals surface area contributed by atoms with Gasteiger partial charge in [0, 0.05) is 24.8 Å². The lowest BCUT2D eigenvalue weighted by atomic mass is 9.95. The number of likely N-dealkylation sites (N-methyl/N-ethyl adjacent to an activating group) is 1. The van der Waals surface area contributed by atoms with E-state index in [1.165, 1.54) is 0 Å². The Morgan fingerprint density at radius 2 is 2.11 bits per heavy atom. The molecule has 182 valence electrons. The fourth-order valence-corrected chi connectivity index (χ4v) is 4.49. The van der Waals surface area contributed by atoms with Crippen molar-refractivity contribution in [1.29, 1.82) is 0 Å². The van der Waals surface area contributed by atoms with E-state index in [2.05, 4.69) is 27.2 Å². The minimum Gasteiger partial charge on any atom is -0.497 e. The highest BCUT2D eigenvalue weighted by Crippen LogP contribution is 2.34. The molecular formula is C26H29N5O4. The normalized spacial score (nSPS) is 19.5. The number of anilines is 2. The second-order valence-electron chi connectivity index (χ2n) is 8.98. The number of amides is 1. The van der Waals surface area contributed by atoms with Gasteiger partial charge in [-0.1, -0.05) is 6.07 Å². The van der Waals surface area contributed by atoms with Crippen molar-refractivity contribution in [2.24, 2.45) is 5.92 Å². The summed E-state index contributed by atoms with van der Waals surface area (Å²) in [5.41, 5.74) is 8.87. The molecule has 2 aliphatic heterocycles. The Morgan fingerprint density at radius 3 is 2.89 bits per heavy atom. The summed E-state index contributed by atoms with van der Waals surface area (Å²) in [4.78, 5) is 23.8. The summed E-state index contributed by atoms with van der Waals surface area (Å²) in [6, 6.07) is 13.1. The van der Waals surface area contributed by atoms with Gasteiger partial charge in [-0.25, -0.2) is 9.97 Å². The SMILES string of the molecule is COc1ccc2c(c1)C[C@@H](C(=O)Nc1ccc(-c3ccnc(N)n3)cc1O[C@@H]1CCN(C)C1)CO2. The maximum Gasteiger partial charge on any atom is 0.231 e. The quantitative estimate of drug-likeness (QED) is 0.560. The Labute approximate surface area is 204 Å². The number of carbonyl (C=O) groups is 1. The first kappa shape index (κ1) is 22.9. The van der Waals surface area contributed by atoms with Gasteiger partial charge in [0.15, 0.2) is 0 Å². The summed E-state index contributed by atoms with van der Waals surface area (Å²) in [6.07, 6.45) is 3.15.